The predicted molar refractivity (Wildman–Crippen MR) is 60.5 cm³/mol. The van der Waals surface area contributed by atoms with Crippen LogP contribution in [0, 0.1) is 0 Å². The van der Waals surface area contributed by atoms with Crippen molar-refractivity contribution in [3.63, 3.8) is 0 Å². The summed E-state index contributed by atoms with van der Waals surface area (Å²) in [6, 6.07) is 1.97. The molecule has 1 aromatic rings. The van der Waals surface area contributed by atoms with Crippen LogP contribution in [-0.4, -0.2) is 25.3 Å². The van der Waals surface area contributed by atoms with Crippen LogP contribution < -0.4 is 9.47 Å². The molecule has 0 aliphatic rings. The Balaban J connectivity index is 3.27. The van der Waals surface area contributed by atoms with Gasteiger partial charge < -0.3 is 14.6 Å². The number of rotatable bonds is 5. The van der Waals surface area contributed by atoms with E-state index in [-0.39, 0.29) is 23.5 Å². The summed E-state index contributed by atoms with van der Waals surface area (Å²) in [6.07, 6.45) is -5.20. The van der Waals surface area contributed by atoms with Crippen LogP contribution in [0.2, 0.25) is 0 Å². The molecular formula is C12H13F3O4. The van der Waals surface area contributed by atoms with Gasteiger partial charge >= 0.3 is 12.1 Å². The molecule has 0 amide bonds. The highest BCUT2D eigenvalue weighted by Gasteiger charge is 2.34. The second-order valence-corrected chi connectivity index (χ2v) is 3.76. The van der Waals surface area contributed by atoms with Gasteiger partial charge in [-0.3, -0.25) is 4.79 Å². The fourth-order valence-electron chi connectivity index (χ4n) is 1.63. The van der Waals surface area contributed by atoms with Crippen molar-refractivity contribution in [2.45, 2.75) is 19.0 Å². The zero-order valence-electron chi connectivity index (χ0n) is 10.4. The summed E-state index contributed by atoms with van der Waals surface area (Å²) in [6.45, 7) is 0. The van der Waals surface area contributed by atoms with Gasteiger partial charge in [0.15, 0.2) is 11.5 Å². The van der Waals surface area contributed by atoms with Gasteiger partial charge in [-0.1, -0.05) is 0 Å². The lowest BCUT2D eigenvalue weighted by atomic mass is 10.0. The molecule has 0 aromatic heterocycles. The average Bonchev–Trinajstić information content (AvgIpc) is 2.33. The number of hydrogen-bond donors (Lipinski definition) is 1. The molecule has 0 aliphatic carbocycles. The Labute approximate surface area is 107 Å². The third kappa shape index (κ3) is 3.77. The topological polar surface area (TPSA) is 55.8 Å². The second-order valence-electron chi connectivity index (χ2n) is 3.76. The summed E-state index contributed by atoms with van der Waals surface area (Å²) in [5, 5.41) is 8.56. The first kappa shape index (κ1) is 15.1. The van der Waals surface area contributed by atoms with Crippen molar-refractivity contribution >= 4 is 5.97 Å². The van der Waals surface area contributed by atoms with Crippen LogP contribution in [0.4, 0.5) is 13.2 Å². The Morgan fingerprint density at radius 1 is 1.21 bits per heavy atom. The molecule has 0 radical (unpaired) electrons. The summed E-state index contributed by atoms with van der Waals surface area (Å²) in [7, 11) is 2.53. The quantitative estimate of drug-likeness (QED) is 0.899. The first-order chi connectivity index (χ1) is 8.79. The van der Waals surface area contributed by atoms with E-state index in [0.29, 0.717) is 0 Å². The molecule has 0 atom stereocenters. The monoisotopic (exact) mass is 278 g/mol. The lowest BCUT2D eigenvalue weighted by Gasteiger charge is -2.16. The van der Waals surface area contributed by atoms with E-state index in [1.807, 2.05) is 0 Å². The molecule has 0 heterocycles. The zero-order chi connectivity index (χ0) is 14.6. The summed E-state index contributed by atoms with van der Waals surface area (Å²) in [5.41, 5.74) is -1.04. The fraction of sp³-hybridized carbons (Fsp3) is 0.417. The van der Waals surface area contributed by atoms with Crippen LogP contribution in [-0.2, 0) is 17.4 Å². The van der Waals surface area contributed by atoms with E-state index < -0.39 is 24.1 Å². The van der Waals surface area contributed by atoms with Crippen LogP contribution in [0.1, 0.15) is 17.5 Å². The van der Waals surface area contributed by atoms with E-state index in [9.17, 15) is 18.0 Å². The number of aliphatic carboxylic acids is 1. The largest absolute Gasteiger partial charge is 0.493 e. The molecule has 1 aromatic carbocycles. The van der Waals surface area contributed by atoms with E-state index >= 15 is 0 Å². The van der Waals surface area contributed by atoms with Crippen molar-refractivity contribution in [3.05, 3.63) is 23.3 Å². The number of carboxylic acid groups (broad SMARTS) is 1. The Hall–Kier alpha value is -1.92. The maximum absolute atomic E-state index is 12.9. The van der Waals surface area contributed by atoms with Crippen molar-refractivity contribution in [1.82, 2.24) is 0 Å². The Morgan fingerprint density at radius 2 is 1.74 bits per heavy atom. The van der Waals surface area contributed by atoms with Crippen molar-refractivity contribution in [2.75, 3.05) is 14.2 Å². The van der Waals surface area contributed by atoms with Crippen LogP contribution in [0.15, 0.2) is 12.1 Å². The van der Waals surface area contributed by atoms with Crippen molar-refractivity contribution < 1.29 is 32.5 Å². The van der Waals surface area contributed by atoms with Crippen molar-refractivity contribution in [3.8, 4) is 11.5 Å². The fourth-order valence-corrected chi connectivity index (χ4v) is 1.63. The van der Waals surface area contributed by atoms with E-state index in [1.165, 1.54) is 14.2 Å². The molecule has 0 aliphatic heterocycles. The number of benzene rings is 1. The number of hydrogen-bond acceptors (Lipinski definition) is 3. The van der Waals surface area contributed by atoms with E-state index in [4.69, 9.17) is 14.6 Å². The lowest BCUT2D eigenvalue weighted by Crippen LogP contribution is -2.11. The van der Waals surface area contributed by atoms with E-state index in [0.717, 1.165) is 12.1 Å². The highest BCUT2D eigenvalue weighted by molar-refractivity contribution is 5.67. The van der Waals surface area contributed by atoms with Gasteiger partial charge in [0.05, 0.1) is 19.8 Å². The normalized spacial score (nSPS) is 11.2. The van der Waals surface area contributed by atoms with Gasteiger partial charge in [0.1, 0.15) is 0 Å². The first-order valence-corrected chi connectivity index (χ1v) is 5.33. The minimum absolute atomic E-state index is 0.0473. The number of carbonyl (C=O) groups is 1. The molecule has 0 spiro atoms. The zero-order valence-corrected chi connectivity index (χ0v) is 10.4. The Morgan fingerprint density at radius 3 is 2.16 bits per heavy atom. The number of methoxy groups -OCH3 is 2. The summed E-state index contributed by atoms with van der Waals surface area (Å²) < 4.78 is 48.4. The molecular weight excluding hydrogens is 265 g/mol. The number of alkyl halides is 3. The number of halogens is 3. The van der Waals surface area contributed by atoms with Crippen molar-refractivity contribution in [2.24, 2.45) is 0 Å². The predicted octanol–water partition coefficient (Wildman–Crippen LogP) is 2.74. The lowest BCUT2D eigenvalue weighted by molar-refractivity contribution is -0.140. The van der Waals surface area contributed by atoms with Gasteiger partial charge in [-0.25, -0.2) is 0 Å². The maximum atomic E-state index is 12.9. The smallest absolute Gasteiger partial charge is 0.416 e. The van der Waals surface area contributed by atoms with Crippen molar-refractivity contribution in [1.29, 1.82) is 0 Å². The number of ether oxygens (including phenoxy) is 2. The third-order valence-corrected chi connectivity index (χ3v) is 2.52. The highest BCUT2D eigenvalue weighted by Crippen LogP contribution is 2.39. The van der Waals surface area contributed by atoms with E-state index in [2.05, 4.69) is 0 Å². The minimum atomic E-state index is -4.58. The molecule has 1 rings (SSSR count). The van der Waals surface area contributed by atoms with Crippen LogP contribution in [0.5, 0.6) is 11.5 Å². The molecule has 0 bridgehead atoms. The average molecular weight is 278 g/mol. The number of aryl methyl sites for hydroxylation is 1. The van der Waals surface area contributed by atoms with E-state index in [1.54, 1.807) is 0 Å². The highest BCUT2D eigenvalue weighted by atomic mass is 19.4. The standard InChI is InChI=1S/C12H13F3O4/c1-18-9-5-7(3-4-11(16)17)8(12(13,14)15)6-10(9)19-2/h5-6H,3-4H2,1-2H3,(H,16,17). The first-order valence-electron chi connectivity index (χ1n) is 5.33. The molecule has 4 nitrogen and oxygen atoms in total. The Bertz CT molecular complexity index is 469. The molecule has 7 heteroatoms. The summed E-state index contributed by atoms with van der Waals surface area (Å²) in [4.78, 5) is 10.5. The minimum Gasteiger partial charge on any atom is -0.493 e. The third-order valence-electron chi connectivity index (χ3n) is 2.52. The second kappa shape index (κ2) is 5.81. The van der Waals surface area contributed by atoms with Gasteiger partial charge in [0.2, 0.25) is 0 Å². The van der Waals surface area contributed by atoms with Gasteiger partial charge in [-0.2, -0.15) is 13.2 Å². The molecule has 0 saturated heterocycles. The molecule has 19 heavy (non-hydrogen) atoms. The molecule has 1 N–H and O–H groups in total. The summed E-state index contributed by atoms with van der Waals surface area (Å²) in [5.74, 6) is -1.08. The SMILES string of the molecule is COc1cc(CCC(=O)O)c(C(F)(F)F)cc1OC. The molecule has 0 unspecified atom stereocenters. The maximum Gasteiger partial charge on any atom is 0.416 e. The summed E-state index contributed by atoms with van der Waals surface area (Å²) >= 11 is 0. The Kier molecular flexibility index (Phi) is 4.63. The van der Waals surface area contributed by atoms with Gasteiger partial charge in [0.25, 0.3) is 0 Å². The molecule has 0 saturated carbocycles. The number of carboxylic acids is 1. The van der Waals surface area contributed by atoms with Gasteiger partial charge in [0, 0.05) is 6.42 Å². The van der Waals surface area contributed by atoms with Crippen LogP contribution in [0.3, 0.4) is 0 Å². The molecule has 106 valence electrons. The van der Waals surface area contributed by atoms with Gasteiger partial charge in [-0.05, 0) is 24.1 Å². The molecule has 0 fully saturated rings. The van der Waals surface area contributed by atoms with Gasteiger partial charge in [-0.15, -0.1) is 0 Å². The van der Waals surface area contributed by atoms with Crippen LogP contribution in [0.25, 0.3) is 0 Å². The van der Waals surface area contributed by atoms with Crippen LogP contribution >= 0.6 is 0 Å².